The second-order valence-electron chi connectivity index (χ2n) is 4.61. The maximum absolute atomic E-state index is 11.9. The molecule has 1 unspecified atom stereocenters. The van der Waals surface area contributed by atoms with Crippen molar-refractivity contribution in [1.29, 1.82) is 0 Å². The average molecular weight is 233 g/mol. The van der Waals surface area contributed by atoms with Crippen LogP contribution in [0.4, 0.5) is 16.2 Å². The molecule has 0 aromatic heterocycles. The van der Waals surface area contributed by atoms with Crippen molar-refractivity contribution in [2.24, 2.45) is 0 Å². The van der Waals surface area contributed by atoms with Gasteiger partial charge in [-0.2, -0.15) is 0 Å². The van der Waals surface area contributed by atoms with Gasteiger partial charge in [0, 0.05) is 24.5 Å². The molecule has 17 heavy (non-hydrogen) atoms. The van der Waals surface area contributed by atoms with Crippen molar-refractivity contribution in [2.45, 2.75) is 12.0 Å². The number of hydrogen-bond donors (Lipinski definition) is 2. The fourth-order valence-corrected chi connectivity index (χ4v) is 2.54. The molecule has 1 atom stereocenters. The van der Waals surface area contributed by atoms with Crippen LogP contribution in [-0.4, -0.2) is 31.3 Å². The predicted molar refractivity (Wildman–Crippen MR) is 64.9 cm³/mol. The molecule has 5 nitrogen and oxygen atoms in total. The van der Waals surface area contributed by atoms with Crippen molar-refractivity contribution >= 4 is 17.4 Å². The number of hydrogen-bond acceptors (Lipinski definition) is 3. The molecule has 1 aromatic rings. The maximum atomic E-state index is 11.9. The van der Waals surface area contributed by atoms with Crippen LogP contribution >= 0.6 is 0 Å². The smallest absolute Gasteiger partial charge is 0.322 e. The molecule has 5 heteroatoms. The summed E-state index contributed by atoms with van der Waals surface area (Å²) in [7, 11) is 0. The first-order valence-corrected chi connectivity index (χ1v) is 5.73. The first-order valence-electron chi connectivity index (χ1n) is 5.73. The summed E-state index contributed by atoms with van der Waals surface area (Å²) in [5, 5.41) is 2.89. The molecule has 0 saturated carbocycles. The largest absolute Gasteiger partial charge is 0.399 e. The van der Waals surface area contributed by atoms with E-state index in [1.165, 1.54) is 0 Å². The Morgan fingerprint density at radius 3 is 2.76 bits per heavy atom. The first-order chi connectivity index (χ1) is 8.21. The molecular weight excluding hydrogens is 218 g/mol. The van der Waals surface area contributed by atoms with Crippen molar-refractivity contribution in [1.82, 2.24) is 5.32 Å². The zero-order valence-electron chi connectivity index (χ0n) is 9.48. The SMILES string of the molecule is Nc1ccc(N2C(=O)NCC23CCOC3)cc1. The van der Waals surface area contributed by atoms with Crippen LogP contribution in [0.25, 0.3) is 0 Å². The molecule has 1 spiro atoms. The Morgan fingerprint density at radius 2 is 2.12 bits per heavy atom. The van der Waals surface area contributed by atoms with Gasteiger partial charge in [-0.15, -0.1) is 0 Å². The van der Waals surface area contributed by atoms with Gasteiger partial charge in [-0.3, -0.25) is 4.90 Å². The summed E-state index contributed by atoms with van der Waals surface area (Å²) < 4.78 is 5.45. The molecule has 2 fully saturated rings. The Kier molecular flexibility index (Phi) is 2.22. The van der Waals surface area contributed by atoms with Gasteiger partial charge < -0.3 is 15.8 Å². The van der Waals surface area contributed by atoms with Gasteiger partial charge in [0.05, 0.1) is 12.1 Å². The number of nitrogens with one attached hydrogen (secondary N) is 1. The topological polar surface area (TPSA) is 67.6 Å². The molecule has 2 amide bonds. The highest BCUT2D eigenvalue weighted by Gasteiger charge is 2.48. The van der Waals surface area contributed by atoms with Gasteiger partial charge in [0.2, 0.25) is 0 Å². The number of carbonyl (C=O) groups is 1. The minimum absolute atomic E-state index is 0.0553. The third kappa shape index (κ3) is 1.54. The lowest BCUT2D eigenvalue weighted by Gasteiger charge is -2.31. The summed E-state index contributed by atoms with van der Waals surface area (Å²) in [4.78, 5) is 13.8. The van der Waals surface area contributed by atoms with E-state index in [9.17, 15) is 4.79 Å². The summed E-state index contributed by atoms with van der Waals surface area (Å²) in [5.74, 6) is 0. The third-order valence-electron chi connectivity index (χ3n) is 3.48. The van der Waals surface area contributed by atoms with E-state index in [2.05, 4.69) is 5.32 Å². The highest BCUT2D eigenvalue weighted by molar-refractivity contribution is 5.96. The Labute approximate surface area is 99.5 Å². The van der Waals surface area contributed by atoms with Crippen LogP contribution in [0.3, 0.4) is 0 Å². The van der Waals surface area contributed by atoms with Crippen LogP contribution < -0.4 is 16.0 Å². The molecule has 2 saturated heterocycles. The fourth-order valence-electron chi connectivity index (χ4n) is 2.54. The summed E-state index contributed by atoms with van der Waals surface area (Å²) in [5.41, 5.74) is 7.02. The van der Waals surface area contributed by atoms with E-state index >= 15 is 0 Å². The molecule has 3 N–H and O–H groups in total. The molecule has 0 radical (unpaired) electrons. The van der Waals surface area contributed by atoms with Crippen LogP contribution in [0.1, 0.15) is 6.42 Å². The van der Waals surface area contributed by atoms with Crippen LogP contribution in [0.2, 0.25) is 0 Å². The highest BCUT2D eigenvalue weighted by Crippen LogP contribution is 2.34. The molecule has 90 valence electrons. The zero-order chi connectivity index (χ0) is 11.9. The van der Waals surface area contributed by atoms with E-state index < -0.39 is 0 Å². The molecule has 2 heterocycles. The second kappa shape index (κ2) is 3.63. The van der Waals surface area contributed by atoms with E-state index in [-0.39, 0.29) is 11.6 Å². The normalized spacial score (nSPS) is 27.8. The summed E-state index contributed by atoms with van der Waals surface area (Å²) in [6, 6.07) is 7.32. The number of benzene rings is 1. The molecule has 2 aliphatic rings. The van der Waals surface area contributed by atoms with Gasteiger partial charge in [0.25, 0.3) is 0 Å². The van der Waals surface area contributed by atoms with Crippen LogP contribution in [0, 0.1) is 0 Å². The number of anilines is 2. The monoisotopic (exact) mass is 233 g/mol. The van der Waals surface area contributed by atoms with Crippen molar-refractivity contribution in [3.05, 3.63) is 24.3 Å². The lowest BCUT2D eigenvalue weighted by atomic mass is 9.97. The number of carbonyl (C=O) groups excluding carboxylic acids is 1. The highest BCUT2D eigenvalue weighted by atomic mass is 16.5. The van der Waals surface area contributed by atoms with E-state index in [4.69, 9.17) is 10.5 Å². The van der Waals surface area contributed by atoms with E-state index in [0.717, 1.165) is 12.1 Å². The van der Waals surface area contributed by atoms with Gasteiger partial charge in [0.1, 0.15) is 0 Å². The molecular formula is C12H15N3O2. The zero-order valence-corrected chi connectivity index (χ0v) is 9.48. The second-order valence-corrected chi connectivity index (χ2v) is 4.61. The Balaban J connectivity index is 1.98. The summed E-state index contributed by atoms with van der Waals surface area (Å²) >= 11 is 0. The van der Waals surface area contributed by atoms with Gasteiger partial charge in [-0.25, -0.2) is 4.79 Å². The van der Waals surface area contributed by atoms with Crippen LogP contribution in [0.15, 0.2) is 24.3 Å². The van der Waals surface area contributed by atoms with E-state index in [0.29, 0.717) is 25.4 Å². The Bertz CT molecular complexity index is 438. The molecule has 0 aliphatic carbocycles. The lowest BCUT2D eigenvalue weighted by molar-refractivity contribution is 0.181. The third-order valence-corrected chi connectivity index (χ3v) is 3.48. The standard InChI is InChI=1S/C12H15N3O2/c13-9-1-3-10(4-2-9)15-11(16)14-7-12(15)5-6-17-8-12/h1-4H,5-8,13H2,(H,14,16). The van der Waals surface area contributed by atoms with Gasteiger partial charge in [-0.05, 0) is 30.7 Å². The Hall–Kier alpha value is -1.75. The Morgan fingerprint density at radius 1 is 1.35 bits per heavy atom. The molecule has 2 aliphatic heterocycles. The summed E-state index contributed by atoms with van der Waals surface area (Å²) in [6.07, 6.45) is 0.871. The molecule has 1 aromatic carbocycles. The molecule has 3 rings (SSSR count). The van der Waals surface area contributed by atoms with Crippen LogP contribution in [0.5, 0.6) is 0 Å². The van der Waals surface area contributed by atoms with E-state index in [1.807, 2.05) is 24.3 Å². The molecule has 0 bridgehead atoms. The number of urea groups is 1. The average Bonchev–Trinajstić information content (AvgIpc) is 2.91. The first kappa shape index (κ1) is 10.4. The lowest BCUT2D eigenvalue weighted by Crippen LogP contribution is -2.48. The quantitative estimate of drug-likeness (QED) is 0.710. The summed E-state index contributed by atoms with van der Waals surface area (Å²) in [6.45, 7) is 1.95. The van der Waals surface area contributed by atoms with Gasteiger partial charge in [0.15, 0.2) is 0 Å². The van der Waals surface area contributed by atoms with Gasteiger partial charge >= 0.3 is 6.03 Å². The minimum Gasteiger partial charge on any atom is -0.399 e. The van der Waals surface area contributed by atoms with E-state index in [1.54, 1.807) is 4.90 Å². The van der Waals surface area contributed by atoms with Crippen molar-refractivity contribution < 1.29 is 9.53 Å². The van der Waals surface area contributed by atoms with Crippen LogP contribution in [-0.2, 0) is 4.74 Å². The number of amides is 2. The maximum Gasteiger partial charge on any atom is 0.322 e. The van der Waals surface area contributed by atoms with Crippen molar-refractivity contribution in [2.75, 3.05) is 30.4 Å². The predicted octanol–water partition coefficient (Wildman–Crippen LogP) is 0.957. The minimum atomic E-state index is -0.215. The number of nitrogen functional groups attached to an aromatic ring is 1. The van der Waals surface area contributed by atoms with Crippen molar-refractivity contribution in [3.63, 3.8) is 0 Å². The van der Waals surface area contributed by atoms with Crippen molar-refractivity contribution in [3.8, 4) is 0 Å². The van der Waals surface area contributed by atoms with Gasteiger partial charge in [-0.1, -0.05) is 0 Å². The fraction of sp³-hybridized carbons (Fsp3) is 0.417. The number of rotatable bonds is 1. The number of nitrogens with zero attached hydrogens (tertiary/aromatic N) is 1. The number of nitrogens with two attached hydrogens (primary N) is 1. The number of ether oxygens (including phenoxy) is 1.